The van der Waals surface area contributed by atoms with Gasteiger partial charge in [0.1, 0.15) is 8.07 Å². The van der Waals surface area contributed by atoms with Crippen molar-refractivity contribution in [3.63, 3.8) is 0 Å². The van der Waals surface area contributed by atoms with E-state index in [0.29, 0.717) is 0 Å². The van der Waals surface area contributed by atoms with Crippen LogP contribution in [0.15, 0.2) is 41.2 Å². The molecule has 0 aliphatic rings. The van der Waals surface area contributed by atoms with Crippen molar-refractivity contribution in [2.45, 2.75) is 32.7 Å². The van der Waals surface area contributed by atoms with Gasteiger partial charge in [-0.15, -0.1) is 6.42 Å². The number of allylic oxidation sites excluding steroid dienone is 1. The summed E-state index contributed by atoms with van der Waals surface area (Å²) in [6.07, 6.45) is 5.74. The highest BCUT2D eigenvalue weighted by atomic mass is 28.3. The fourth-order valence-electron chi connectivity index (χ4n) is 1.85. The molecule has 0 aliphatic carbocycles. The van der Waals surface area contributed by atoms with E-state index in [1.807, 2.05) is 0 Å². The number of benzene rings is 1. The maximum atomic E-state index is 5.74. The van der Waals surface area contributed by atoms with Gasteiger partial charge in [0.15, 0.2) is 0 Å². The quantitative estimate of drug-likeness (QED) is 0.574. The van der Waals surface area contributed by atoms with Gasteiger partial charge in [-0.2, -0.15) is 0 Å². The second kappa shape index (κ2) is 5.07. The molecule has 0 nitrogen and oxygen atoms in total. The van der Waals surface area contributed by atoms with E-state index in [2.05, 4.69) is 74.7 Å². The lowest BCUT2D eigenvalue weighted by Gasteiger charge is -2.25. The molecule has 0 atom stereocenters. The second-order valence-electron chi connectivity index (χ2n) is 6.06. The molecular formula is C15H22Si2. The zero-order chi connectivity index (χ0) is 13.1. The summed E-state index contributed by atoms with van der Waals surface area (Å²) in [4.78, 5) is 0. The molecule has 90 valence electrons. The lowest BCUT2D eigenvalue weighted by Crippen LogP contribution is -2.44. The van der Waals surface area contributed by atoms with E-state index in [1.165, 1.54) is 10.4 Å². The predicted octanol–water partition coefficient (Wildman–Crippen LogP) is 3.58. The Labute approximate surface area is 108 Å². The maximum absolute atomic E-state index is 5.74. The summed E-state index contributed by atoms with van der Waals surface area (Å²) in [5.74, 6) is 2.95. The van der Waals surface area contributed by atoms with Crippen LogP contribution in [0.25, 0.3) is 0 Å². The predicted molar refractivity (Wildman–Crippen MR) is 83.8 cm³/mol. The summed E-state index contributed by atoms with van der Waals surface area (Å²) >= 11 is 0. The van der Waals surface area contributed by atoms with Crippen LogP contribution in [0.2, 0.25) is 32.7 Å². The van der Waals surface area contributed by atoms with Crippen LogP contribution in [0.5, 0.6) is 0 Å². The van der Waals surface area contributed by atoms with E-state index in [9.17, 15) is 0 Å². The first kappa shape index (κ1) is 14.0. The molecule has 0 heterocycles. The molecule has 0 aromatic heterocycles. The Kier molecular flexibility index (Phi) is 4.18. The largest absolute Gasteiger partial charge is 0.121 e. The van der Waals surface area contributed by atoms with Gasteiger partial charge >= 0.3 is 0 Å². The monoisotopic (exact) mass is 258 g/mol. The minimum Gasteiger partial charge on any atom is -0.115 e. The van der Waals surface area contributed by atoms with Crippen LogP contribution in [0.4, 0.5) is 0 Å². The van der Waals surface area contributed by atoms with Crippen molar-refractivity contribution >= 4 is 21.3 Å². The zero-order valence-corrected chi connectivity index (χ0v) is 13.5. The van der Waals surface area contributed by atoms with E-state index in [0.717, 1.165) is 0 Å². The number of terminal acetylenes is 1. The number of hydrogen-bond donors (Lipinski definition) is 0. The minimum atomic E-state index is -1.66. The van der Waals surface area contributed by atoms with Gasteiger partial charge in [-0.1, -0.05) is 79.9 Å². The van der Waals surface area contributed by atoms with Crippen LogP contribution < -0.4 is 5.19 Å². The third kappa shape index (κ3) is 3.73. The fourth-order valence-corrected chi connectivity index (χ4v) is 7.24. The van der Waals surface area contributed by atoms with Crippen LogP contribution in [0, 0.1) is 12.3 Å². The molecule has 0 saturated heterocycles. The Hall–Kier alpha value is -1.05. The Bertz CT molecular complexity index is 442. The highest BCUT2D eigenvalue weighted by Crippen LogP contribution is 2.18. The molecule has 0 bridgehead atoms. The van der Waals surface area contributed by atoms with Gasteiger partial charge in [-0.05, 0) is 5.20 Å². The summed E-state index contributed by atoms with van der Waals surface area (Å²) < 4.78 is 0. The van der Waals surface area contributed by atoms with Crippen LogP contribution in [-0.4, -0.2) is 16.1 Å². The van der Waals surface area contributed by atoms with Gasteiger partial charge < -0.3 is 0 Å². The SMILES string of the molecule is C#C/C(=C\[Si](C)(C)C)[Si](C)(C)c1ccccc1. The summed E-state index contributed by atoms with van der Waals surface area (Å²) in [5.41, 5.74) is 2.40. The number of hydrogen-bond acceptors (Lipinski definition) is 0. The van der Waals surface area contributed by atoms with E-state index < -0.39 is 16.1 Å². The fraction of sp³-hybridized carbons (Fsp3) is 0.333. The second-order valence-corrected chi connectivity index (χ2v) is 15.4. The van der Waals surface area contributed by atoms with E-state index in [4.69, 9.17) is 6.42 Å². The van der Waals surface area contributed by atoms with E-state index in [-0.39, 0.29) is 0 Å². The Morgan fingerprint density at radius 1 is 1.06 bits per heavy atom. The molecule has 0 radical (unpaired) electrons. The van der Waals surface area contributed by atoms with Gasteiger partial charge in [-0.3, -0.25) is 0 Å². The lowest BCUT2D eigenvalue weighted by molar-refractivity contribution is 1.66. The van der Waals surface area contributed by atoms with Crippen molar-refractivity contribution in [3.8, 4) is 12.3 Å². The van der Waals surface area contributed by atoms with Crippen molar-refractivity contribution in [1.82, 2.24) is 0 Å². The lowest BCUT2D eigenvalue weighted by atomic mass is 10.4. The highest BCUT2D eigenvalue weighted by molar-refractivity contribution is 6.98. The molecule has 0 amide bonds. The molecule has 0 unspecified atom stereocenters. The summed E-state index contributed by atoms with van der Waals surface area (Å²) in [6.45, 7) is 11.7. The van der Waals surface area contributed by atoms with Gasteiger partial charge in [-0.25, -0.2) is 0 Å². The summed E-state index contributed by atoms with van der Waals surface area (Å²) in [7, 11) is -2.91. The van der Waals surface area contributed by atoms with E-state index >= 15 is 0 Å². The maximum Gasteiger partial charge on any atom is 0.121 e. The molecule has 0 aliphatic heterocycles. The summed E-state index contributed by atoms with van der Waals surface area (Å²) in [6, 6.07) is 10.7. The third-order valence-corrected chi connectivity index (χ3v) is 7.76. The molecular weight excluding hydrogens is 236 g/mol. The van der Waals surface area contributed by atoms with Gasteiger partial charge in [0.05, 0.1) is 8.07 Å². The van der Waals surface area contributed by atoms with Crippen LogP contribution in [0.1, 0.15) is 0 Å². The van der Waals surface area contributed by atoms with Crippen molar-refractivity contribution in [2.75, 3.05) is 0 Å². The third-order valence-electron chi connectivity index (χ3n) is 2.90. The summed E-state index contributed by atoms with van der Waals surface area (Å²) in [5, 5.41) is 2.67. The van der Waals surface area contributed by atoms with Crippen LogP contribution in [-0.2, 0) is 0 Å². The average Bonchev–Trinajstić information content (AvgIpc) is 2.25. The Morgan fingerprint density at radius 3 is 2.00 bits per heavy atom. The topological polar surface area (TPSA) is 0 Å². The minimum absolute atomic E-state index is 1.25. The van der Waals surface area contributed by atoms with Crippen molar-refractivity contribution < 1.29 is 0 Å². The molecule has 0 N–H and O–H groups in total. The van der Waals surface area contributed by atoms with Crippen LogP contribution >= 0.6 is 0 Å². The first-order chi connectivity index (χ1) is 7.77. The Morgan fingerprint density at radius 2 is 1.59 bits per heavy atom. The van der Waals surface area contributed by atoms with Gasteiger partial charge in [0.25, 0.3) is 0 Å². The average molecular weight is 259 g/mol. The molecule has 1 rings (SSSR count). The van der Waals surface area contributed by atoms with Crippen molar-refractivity contribution in [3.05, 3.63) is 41.2 Å². The van der Waals surface area contributed by atoms with Gasteiger partial charge in [0.2, 0.25) is 0 Å². The van der Waals surface area contributed by atoms with Crippen molar-refractivity contribution in [2.24, 2.45) is 0 Å². The number of rotatable bonds is 3. The molecule has 1 aromatic rings. The van der Waals surface area contributed by atoms with Gasteiger partial charge in [0, 0.05) is 0 Å². The Balaban J connectivity index is 3.22. The molecule has 0 fully saturated rings. The molecule has 0 saturated carbocycles. The molecule has 17 heavy (non-hydrogen) atoms. The van der Waals surface area contributed by atoms with Crippen LogP contribution in [0.3, 0.4) is 0 Å². The first-order valence-corrected chi connectivity index (χ1v) is 12.6. The molecule has 1 aromatic carbocycles. The van der Waals surface area contributed by atoms with Crippen molar-refractivity contribution in [1.29, 1.82) is 0 Å². The molecule has 2 heteroatoms. The molecule has 0 spiro atoms. The van der Waals surface area contributed by atoms with E-state index in [1.54, 1.807) is 0 Å². The normalized spacial score (nSPS) is 13.3. The smallest absolute Gasteiger partial charge is 0.115 e. The first-order valence-electron chi connectivity index (χ1n) is 6.03. The standard InChI is InChI=1S/C15H22Si2/c1-7-14(13-16(2,3)4)17(5,6)15-11-9-8-10-12-15/h1,8-13H,2-6H3/b14-13+. The zero-order valence-electron chi connectivity index (χ0n) is 11.5. The highest BCUT2D eigenvalue weighted by Gasteiger charge is 2.28.